The Hall–Kier alpha value is -1.08. The van der Waals surface area contributed by atoms with Crippen LogP contribution in [-0.4, -0.2) is 24.7 Å². The zero-order chi connectivity index (χ0) is 10.1. The minimum atomic E-state index is -3.52. The van der Waals surface area contributed by atoms with Gasteiger partial charge in [0.25, 0.3) is 0 Å². The second-order valence-electron chi connectivity index (χ2n) is 2.92. The molecule has 0 fully saturated rings. The summed E-state index contributed by atoms with van der Waals surface area (Å²) in [5.74, 6) is 0.0492. The zero-order valence-corrected chi connectivity index (χ0v) is 8.22. The Morgan fingerprint density at radius 1 is 1.62 bits per heavy atom. The minimum Gasteiger partial charge on any atom is -0.383 e. The van der Waals surface area contributed by atoms with Crippen LogP contribution in [0.4, 0.5) is 5.82 Å². The van der Waals surface area contributed by atoms with Crippen molar-refractivity contribution in [3.05, 3.63) is 6.20 Å². The molecule has 0 unspecified atom stereocenters. The predicted octanol–water partition coefficient (Wildman–Crippen LogP) is -0.321. The van der Waals surface area contributed by atoms with E-state index in [-0.39, 0.29) is 16.8 Å². The highest BCUT2D eigenvalue weighted by Crippen LogP contribution is 2.13. The molecule has 1 heterocycles. The summed E-state index contributed by atoms with van der Waals surface area (Å²) >= 11 is 0. The minimum absolute atomic E-state index is 0.0128. The number of hydrogen-bond donors (Lipinski definition) is 3. The molecule has 0 amide bonds. The summed E-state index contributed by atoms with van der Waals surface area (Å²) in [4.78, 5) is -0.0128. The number of rotatable bonds is 3. The van der Waals surface area contributed by atoms with Gasteiger partial charge in [-0.25, -0.2) is 13.1 Å². The molecule has 0 aliphatic carbocycles. The van der Waals surface area contributed by atoms with Gasteiger partial charge < -0.3 is 5.73 Å². The van der Waals surface area contributed by atoms with Crippen LogP contribution in [0.5, 0.6) is 0 Å². The van der Waals surface area contributed by atoms with Gasteiger partial charge in [-0.05, 0) is 13.8 Å². The molecule has 74 valence electrons. The van der Waals surface area contributed by atoms with E-state index in [4.69, 9.17) is 5.73 Å². The number of anilines is 1. The van der Waals surface area contributed by atoms with Crippen molar-refractivity contribution in [2.75, 3.05) is 5.73 Å². The summed E-state index contributed by atoms with van der Waals surface area (Å²) < 4.78 is 25.3. The standard InChI is InChI=1S/C6H12N4O2S/c1-4(2)10-13(11,12)5-3-8-9-6(5)7/h3-4,10H,1-2H3,(H3,7,8,9). The van der Waals surface area contributed by atoms with Crippen molar-refractivity contribution in [2.45, 2.75) is 24.8 Å². The third-order valence-electron chi connectivity index (χ3n) is 1.31. The molecule has 4 N–H and O–H groups in total. The lowest BCUT2D eigenvalue weighted by atomic mass is 10.4. The fourth-order valence-electron chi connectivity index (χ4n) is 0.873. The molecule has 13 heavy (non-hydrogen) atoms. The third-order valence-corrected chi connectivity index (χ3v) is 3.00. The molecule has 0 saturated carbocycles. The molecular weight excluding hydrogens is 192 g/mol. The molecule has 0 radical (unpaired) electrons. The van der Waals surface area contributed by atoms with Gasteiger partial charge in [0.15, 0.2) is 0 Å². The molecule has 1 rings (SSSR count). The summed E-state index contributed by atoms with van der Waals surface area (Å²) in [5.41, 5.74) is 5.37. The third kappa shape index (κ3) is 2.19. The molecule has 0 atom stereocenters. The van der Waals surface area contributed by atoms with Crippen LogP contribution in [-0.2, 0) is 10.0 Å². The van der Waals surface area contributed by atoms with Crippen LogP contribution in [0, 0.1) is 0 Å². The summed E-state index contributed by atoms with van der Waals surface area (Å²) in [5, 5.41) is 5.88. The number of nitrogens with zero attached hydrogens (tertiary/aromatic N) is 1. The Morgan fingerprint density at radius 2 is 2.23 bits per heavy atom. The first kappa shape index (κ1) is 10.0. The molecule has 0 aromatic carbocycles. The second-order valence-corrected chi connectivity index (χ2v) is 4.61. The van der Waals surface area contributed by atoms with E-state index in [9.17, 15) is 8.42 Å². The van der Waals surface area contributed by atoms with Crippen LogP contribution in [0.1, 0.15) is 13.8 Å². The zero-order valence-electron chi connectivity index (χ0n) is 7.40. The fourth-order valence-corrected chi connectivity index (χ4v) is 2.15. The van der Waals surface area contributed by atoms with Gasteiger partial charge in [0.05, 0.1) is 6.20 Å². The number of nitrogen functional groups attached to an aromatic ring is 1. The first-order valence-electron chi connectivity index (χ1n) is 3.74. The van der Waals surface area contributed by atoms with Gasteiger partial charge in [-0.15, -0.1) is 0 Å². The maximum Gasteiger partial charge on any atom is 0.246 e. The van der Waals surface area contributed by atoms with Crippen LogP contribution in [0.25, 0.3) is 0 Å². The molecule has 0 aliphatic heterocycles. The molecule has 0 spiro atoms. The molecular formula is C6H12N4O2S. The highest BCUT2D eigenvalue weighted by atomic mass is 32.2. The fraction of sp³-hybridized carbons (Fsp3) is 0.500. The number of aromatic nitrogens is 2. The molecule has 1 aromatic rings. The smallest absolute Gasteiger partial charge is 0.246 e. The summed E-state index contributed by atoms with van der Waals surface area (Å²) in [7, 11) is -3.52. The van der Waals surface area contributed by atoms with Crippen molar-refractivity contribution in [1.29, 1.82) is 0 Å². The van der Waals surface area contributed by atoms with Crippen LogP contribution in [0.2, 0.25) is 0 Å². The number of H-pyrrole nitrogens is 1. The normalized spacial score (nSPS) is 12.2. The molecule has 0 saturated heterocycles. The molecule has 0 aliphatic rings. The molecule has 0 bridgehead atoms. The van der Waals surface area contributed by atoms with E-state index < -0.39 is 10.0 Å². The average Bonchev–Trinajstić information content (AvgIpc) is 2.32. The molecule has 1 aromatic heterocycles. The maximum absolute atomic E-state index is 11.5. The van der Waals surface area contributed by atoms with Crippen molar-refractivity contribution >= 4 is 15.8 Å². The van der Waals surface area contributed by atoms with Crippen LogP contribution < -0.4 is 10.5 Å². The number of hydrogen-bond acceptors (Lipinski definition) is 4. The van der Waals surface area contributed by atoms with Crippen molar-refractivity contribution in [2.24, 2.45) is 0 Å². The van der Waals surface area contributed by atoms with E-state index in [0.717, 1.165) is 0 Å². The first-order chi connectivity index (χ1) is 5.93. The first-order valence-corrected chi connectivity index (χ1v) is 5.23. The van der Waals surface area contributed by atoms with E-state index in [2.05, 4.69) is 14.9 Å². The van der Waals surface area contributed by atoms with E-state index in [1.54, 1.807) is 13.8 Å². The Bertz CT molecular complexity index is 381. The van der Waals surface area contributed by atoms with E-state index in [1.165, 1.54) is 6.20 Å². The van der Waals surface area contributed by atoms with Crippen LogP contribution >= 0.6 is 0 Å². The van der Waals surface area contributed by atoms with Crippen LogP contribution in [0.3, 0.4) is 0 Å². The van der Waals surface area contributed by atoms with E-state index in [0.29, 0.717) is 0 Å². The number of sulfonamides is 1. The SMILES string of the molecule is CC(C)NS(=O)(=O)c1cn[nH]c1N. The van der Waals surface area contributed by atoms with Gasteiger partial charge in [-0.1, -0.05) is 0 Å². The van der Waals surface area contributed by atoms with Gasteiger partial charge in [0.1, 0.15) is 10.7 Å². The lowest BCUT2D eigenvalue weighted by Gasteiger charge is -2.07. The average molecular weight is 204 g/mol. The van der Waals surface area contributed by atoms with Crippen molar-refractivity contribution < 1.29 is 8.42 Å². The summed E-state index contributed by atoms with van der Waals surface area (Å²) in [6, 6.07) is -0.167. The van der Waals surface area contributed by atoms with Crippen LogP contribution in [0.15, 0.2) is 11.1 Å². The maximum atomic E-state index is 11.5. The predicted molar refractivity (Wildman–Crippen MR) is 48.5 cm³/mol. The lowest BCUT2D eigenvalue weighted by molar-refractivity contribution is 0.570. The van der Waals surface area contributed by atoms with E-state index in [1.807, 2.05) is 0 Å². The van der Waals surface area contributed by atoms with Crippen molar-refractivity contribution in [1.82, 2.24) is 14.9 Å². The van der Waals surface area contributed by atoms with Gasteiger partial charge in [0.2, 0.25) is 10.0 Å². The largest absolute Gasteiger partial charge is 0.383 e. The van der Waals surface area contributed by atoms with Crippen molar-refractivity contribution in [3.63, 3.8) is 0 Å². The Labute approximate surface area is 76.6 Å². The lowest BCUT2D eigenvalue weighted by Crippen LogP contribution is -2.30. The number of nitrogens with two attached hydrogens (primary N) is 1. The van der Waals surface area contributed by atoms with Gasteiger partial charge in [-0.2, -0.15) is 5.10 Å². The highest BCUT2D eigenvalue weighted by molar-refractivity contribution is 7.89. The highest BCUT2D eigenvalue weighted by Gasteiger charge is 2.19. The van der Waals surface area contributed by atoms with E-state index >= 15 is 0 Å². The van der Waals surface area contributed by atoms with Gasteiger partial charge >= 0.3 is 0 Å². The monoisotopic (exact) mass is 204 g/mol. The second kappa shape index (κ2) is 3.35. The van der Waals surface area contributed by atoms with Gasteiger partial charge in [0, 0.05) is 6.04 Å². The number of aromatic amines is 1. The Morgan fingerprint density at radius 3 is 2.62 bits per heavy atom. The quantitative estimate of drug-likeness (QED) is 0.628. The summed E-state index contributed by atoms with van der Waals surface area (Å²) in [6.07, 6.45) is 1.18. The Balaban J connectivity index is 3.02. The topological polar surface area (TPSA) is 101 Å². The molecule has 6 nitrogen and oxygen atoms in total. The summed E-state index contributed by atoms with van der Waals surface area (Å²) in [6.45, 7) is 3.46. The van der Waals surface area contributed by atoms with Crippen molar-refractivity contribution in [3.8, 4) is 0 Å². The molecule has 7 heteroatoms. The number of nitrogens with one attached hydrogen (secondary N) is 2. The Kier molecular flexibility index (Phi) is 2.58. The van der Waals surface area contributed by atoms with Gasteiger partial charge in [-0.3, -0.25) is 5.10 Å².